The van der Waals surface area contributed by atoms with Crippen molar-refractivity contribution in [3.8, 4) is 0 Å². The molecule has 0 saturated heterocycles. The zero-order valence-corrected chi connectivity index (χ0v) is 17.9. The highest BCUT2D eigenvalue weighted by atomic mass is 16.4. The van der Waals surface area contributed by atoms with Gasteiger partial charge in [-0.15, -0.1) is 0 Å². The third kappa shape index (κ3) is 5.26. The Bertz CT molecular complexity index is 582. The van der Waals surface area contributed by atoms with Crippen LogP contribution in [0.15, 0.2) is 0 Å². The maximum absolute atomic E-state index is 12.6. The molecule has 0 aromatic rings. The maximum atomic E-state index is 12.6. The lowest BCUT2D eigenvalue weighted by molar-refractivity contribution is -0.149. The predicted molar refractivity (Wildman–Crippen MR) is 109 cm³/mol. The fraction of sp³-hybridized carbons (Fsp3) is 0.826. The average molecular weight is 409 g/mol. The molecular weight excluding hydrogens is 372 g/mol. The summed E-state index contributed by atoms with van der Waals surface area (Å²) in [6.07, 6.45) is 9.23. The topological polar surface area (TPSA) is 109 Å². The largest absolute Gasteiger partial charge is 0.481 e. The van der Waals surface area contributed by atoms with Gasteiger partial charge in [0.05, 0.1) is 0 Å². The summed E-state index contributed by atoms with van der Waals surface area (Å²) in [6.45, 7) is 4.32. The number of carboxylic acids is 2. The fourth-order valence-electron chi connectivity index (χ4n) is 6.28. The summed E-state index contributed by atoms with van der Waals surface area (Å²) in [5.41, 5.74) is -1.03. The quantitative estimate of drug-likeness (QED) is 0.503. The first-order valence-corrected chi connectivity index (χ1v) is 11.0. The summed E-state index contributed by atoms with van der Waals surface area (Å²) in [4.78, 5) is 47.4. The number of aliphatic carboxylic acids is 2. The lowest BCUT2D eigenvalue weighted by Crippen LogP contribution is -2.53. The minimum absolute atomic E-state index is 0.237. The van der Waals surface area contributed by atoms with Gasteiger partial charge < -0.3 is 10.2 Å². The standard InChI is InChI=1S/C23H36O6/c1-21(2,22(9-5-3-6-10-22)15-17(24)13-19(26)27)23(11-7-4-8-12-23)16-18(25)14-20(28)29/h3-16H2,1-2H3,(H,26,27)(H,28,29). The van der Waals surface area contributed by atoms with Crippen molar-refractivity contribution in [2.45, 2.75) is 104 Å². The number of Topliss-reactive ketones (excluding diaryl/α,β-unsaturated/α-hetero) is 2. The molecule has 0 radical (unpaired) electrons. The molecule has 2 rings (SSSR count). The molecular formula is C23H36O6. The normalized spacial score (nSPS) is 21.3. The van der Waals surface area contributed by atoms with E-state index in [0.29, 0.717) is 0 Å². The number of carbonyl (C=O) groups excluding carboxylic acids is 2. The zero-order chi connectivity index (χ0) is 21.7. The second-order valence-electron chi connectivity index (χ2n) is 9.88. The van der Waals surface area contributed by atoms with E-state index >= 15 is 0 Å². The van der Waals surface area contributed by atoms with Crippen molar-refractivity contribution in [1.29, 1.82) is 0 Å². The summed E-state index contributed by atoms with van der Waals surface area (Å²) >= 11 is 0. The van der Waals surface area contributed by atoms with Gasteiger partial charge in [0.25, 0.3) is 0 Å². The van der Waals surface area contributed by atoms with Gasteiger partial charge in [-0.2, -0.15) is 0 Å². The van der Waals surface area contributed by atoms with Gasteiger partial charge in [-0.3, -0.25) is 19.2 Å². The highest BCUT2D eigenvalue weighted by Crippen LogP contribution is 2.65. The van der Waals surface area contributed by atoms with Crippen LogP contribution in [0.4, 0.5) is 0 Å². The van der Waals surface area contributed by atoms with Crippen molar-refractivity contribution in [1.82, 2.24) is 0 Å². The first-order chi connectivity index (χ1) is 13.5. The Morgan fingerprint density at radius 1 is 0.655 bits per heavy atom. The van der Waals surface area contributed by atoms with E-state index in [2.05, 4.69) is 13.8 Å². The number of carboxylic acid groups (broad SMARTS) is 2. The summed E-state index contributed by atoms with van der Waals surface area (Å²) < 4.78 is 0. The Kier molecular flexibility index (Phi) is 7.63. The van der Waals surface area contributed by atoms with E-state index in [4.69, 9.17) is 10.2 Å². The van der Waals surface area contributed by atoms with Crippen LogP contribution in [0.3, 0.4) is 0 Å². The third-order valence-corrected chi connectivity index (χ3v) is 8.04. The Morgan fingerprint density at radius 3 is 1.24 bits per heavy atom. The molecule has 29 heavy (non-hydrogen) atoms. The van der Waals surface area contributed by atoms with Crippen molar-refractivity contribution in [2.75, 3.05) is 0 Å². The highest BCUT2D eigenvalue weighted by molar-refractivity contribution is 5.95. The first-order valence-electron chi connectivity index (χ1n) is 11.0. The Labute approximate surface area is 173 Å². The van der Waals surface area contributed by atoms with Gasteiger partial charge >= 0.3 is 11.9 Å². The molecule has 0 atom stereocenters. The average Bonchev–Trinajstić information content (AvgIpc) is 2.61. The van der Waals surface area contributed by atoms with Gasteiger partial charge in [-0.1, -0.05) is 52.4 Å². The Morgan fingerprint density at radius 2 is 0.966 bits per heavy atom. The van der Waals surface area contributed by atoms with Crippen LogP contribution in [0.1, 0.15) is 104 Å². The second kappa shape index (κ2) is 9.40. The summed E-state index contributed by atoms with van der Waals surface area (Å²) in [5.74, 6) is -2.67. The van der Waals surface area contributed by atoms with Crippen LogP contribution >= 0.6 is 0 Å². The van der Waals surface area contributed by atoms with Crippen LogP contribution in [0.5, 0.6) is 0 Å². The van der Waals surface area contributed by atoms with Gasteiger partial charge in [-0.25, -0.2) is 0 Å². The molecule has 0 bridgehead atoms. The van der Waals surface area contributed by atoms with E-state index in [1.54, 1.807) is 0 Å². The molecule has 2 aliphatic carbocycles. The molecule has 0 unspecified atom stereocenters. The van der Waals surface area contributed by atoms with E-state index in [9.17, 15) is 19.2 Å². The molecule has 2 N–H and O–H groups in total. The fourth-order valence-corrected chi connectivity index (χ4v) is 6.28. The first kappa shape index (κ1) is 23.6. The number of carbonyl (C=O) groups is 4. The van der Waals surface area contributed by atoms with Crippen LogP contribution in [-0.2, 0) is 19.2 Å². The predicted octanol–water partition coefficient (Wildman–Crippen LogP) is 4.78. The van der Waals surface area contributed by atoms with Crippen molar-refractivity contribution in [3.63, 3.8) is 0 Å². The molecule has 6 heteroatoms. The Hall–Kier alpha value is -1.72. The van der Waals surface area contributed by atoms with Crippen molar-refractivity contribution in [2.24, 2.45) is 16.2 Å². The van der Waals surface area contributed by atoms with Gasteiger partial charge in [0.15, 0.2) is 0 Å². The molecule has 0 amide bonds. The lowest BCUT2D eigenvalue weighted by Gasteiger charge is -2.60. The number of ketones is 2. The smallest absolute Gasteiger partial charge is 0.310 e. The van der Waals surface area contributed by atoms with Crippen LogP contribution in [0.25, 0.3) is 0 Å². The minimum atomic E-state index is -1.09. The molecule has 0 aromatic heterocycles. The van der Waals surface area contributed by atoms with E-state index in [1.807, 2.05) is 0 Å². The molecule has 0 spiro atoms. The summed E-state index contributed by atoms with van der Waals surface area (Å²) in [6, 6.07) is 0. The Balaban J connectivity index is 2.40. The van der Waals surface area contributed by atoms with E-state index < -0.39 is 24.8 Å². The van der Waals surface area contributed by atoms with Crippen LogP contribution in [0.2, 0.25) is 0 Å². The molecule has 2 aliphatic rings. The minimum Gasteiger partial charge on any atom is -0.481 e. The monoisotopic (exact) mass is 408 g/mol. The van der Waals surface area contributed by atoms with Crippen molar-refractivity contribution >= 4 is 23.5 Å². The number of rotatable bonds is 10. The third-order valence-electron chi connectivity index (χ3n) is 8.04. The van der Waals surface area contributed by atoms with Gasteiger partial charge in [-0.05, 0) is 41.9 Å². The number of hydrogen-bond donors (Lipinski definition) is 2. The second-order valence-corrected chi connectivity index (χ2v) is 9.88. The van der Waals surface area contributed by atoms with Gasteiger partial charge in [0.2, 0.25) is 0 Å². The molecule has 0 heterocycles. The highest BCUT2D eigenvalue weighted by Gasteiger charge is 2.57. The molecule has 2 saturated carbocycles. The molecule has 0 aromatic carbocycles. The van der Waals surface area contributed by atoms with Crippen LogP contribution in [-0.4, -0.2) is 33.7 Å². The van der Waals surface area contributed by atoms with Crippen LogP contribution < -0.4 is 0 Å². The molecule has 0 aliphatic heterocycles. The van der Waals surface area contributed by atoms with Crippen molar-refractivity contribution < 1.29 is 29.4 Å². The van der Waals surface area contributed by atoms with Crippen molar-refractivity contribution in [3.05, 3.63) is 0 Å². The number of hydrogen-bond acceptors (Lipinski definition) is 4. The summed E-state index contributed by atoms with van der Waals surface area (Å²) in [7, 11) is 0. The zero-order valence-electron chi connectivity index (χ0n) is 17.9. The van der Waals surface area contributed by atoms with E-state index in [1.165, 1.54) is 0 Å². The SMILES string of the molecule is CC(C)(C1(CC(=O)CC(=O)O)CCCCC1)C1(CC(=O)CC(=O)O)CCCCC1. The van der Waals surface area contributed by atoms with Gasteiger partial charge in [0, 0.05) is 12.8 Å². The lowest BCUT2D eigenvalue weighted by atomic mass is 9.43. The molecule has 2 fully saturated rings. The van der Waals surface area contributed by atoms with Gasteiger partial charge in [0.1, 0.15) is 24.4 Å². The maximum Gasteiger partial charge on any atom is 0.310 e. The van der Waals surface area contributed by atoms with Crippen LogP contribution in [0, 0.1) is 16.2 Å². The van der Waals surface area contributed by atoms with E-state index in [-0.39, 0.29) is 40.7 Å². The molecule has 164 valence electrons. The summed E-state index contributed by atoms with van der Waals surface area (Å²) in [5, 5.41) is 18.2. The molecule has 6 nitrogen and oxygen atoms in total. The van der Waals surface area contributed by atoms with E-state index in [0.717, 1.165) is 64.2 Å².